The van der Waals surface area contributed by atoms with Crippen LogP contribution in [0.4, 0.5) is 24.0 Å². The second-order valence-corrected chi connectivity index (χ2v) is 31.7. The van der Waals surface area contributed by atoms with E-state index in [9.17, 15) is 62.6 Å². The topological polar surface area (TPSA) is 529 Å². The summed E-state index contributed by atoms with van der Waals surface area (Å²) in [5.74, 6) is -10.7. The summed E-state index contributed by atoms with van der Waals surface area (Å²) >= 11 is 0. The van der Waals surface area contributed by atoms with Crippen LogP contribution in [0.15, 0.2) is 30.3 Å². The molecule has 1 aromatic rings. The molecule has 1 heterocycles. The maximum atomic E-state index is 15.2. The fraction of sp³-hybridized carbons (Fsp3) is 0.708. The van der Waals surface area contributed by atoms with E-state index in [1.807, 2.05) is 0 Å². The summed E-state index contributed by atoms with van der Waals surface area (Å²) in [5.41, 5.74) is 1.89. The first-order valence-electron chi connectivity index (χ1n) is 36.7. The van der Waals surface area contributed by atoms with Crippen LogP contribution in [0.2, 0.25) is 0 Å². The number of carbonyl (C=O) groups excluding carboxylic acids is 15. The highest BCUT2D eigenvalue weighted by Crippen LogP contribution is 2.15. The van der Waals surface area contributed by atoms with Crippen LogP contribution in [0.25, 0.3) is 0 Å². The Kier molecular flexibility index (Phi) is 39.0. The molecular formula is C72H122N16O21. The minimum Gasteiger partial charge on any atom is -0.444 e. The average molecular weight is 1550 g/mol. The van der Waals surface area contributed by atoms with Crippen LogP contribution >= 0.6 is 0 Å². The lowest BCUT2D eigenvalue weighted by atomic mass is 10.00. The molecule has 11 atom stereocenters. The zero-order valence-electron chi connectivity index (χ0n) is 66.6. The highest BCUT2D eigenvalue weighted by atomic mass is 16.6. The molecule has 0 aromatic heterocycles. The Bertz CT molecular complexity index is 3230. The minimum absolute atomic E-state index is 0.0900. The van der Waals surface area contributed by atoms with Gasteiger partial charge in [0.25, 0.3) is 0 Å². The predicted molar refractivity (Wildman–Crippen MR) is 399 cm³/mol. The Hall–Kier alpha value is -9.81. The van der Waals surface area contributed by atoms with Gasteiger partial charge in [-0.1, -0.05) is 51.1 Å². The molecule has 0 spiro atoms. The van der Waals surface area contributed by atoms with Crippen molar-refractivity contribution in [3.05, 3.63) is 35.9 Å². The molecule has 0 radical (unpaired) electrons. The van der Waals surface area contributed by atoms with E-state index in [1.54, 1.807) is 148 Å². The molecule has 1 saturated heterocycles. The first-order chi connectivity index (χ1) is 50.3. The Labute approximate surface area is 638 Å². The van der Waals surface area contributed by atoms with Crippen LogP contribution in [0.5, 0.6) is 0 Å². The normalized spacial score (nSPS) is 20.2. The van der Waals surface area contributed by atoms with Crippen molar-refractivity contribution < 1.29 is 101 Å². The number of benzene rings is 1. The van der Waals surface area contributed by atoms with Crippen molar-refractivity contribution in [1.82, 2.24) is 79.8 Å². The number of alkyl carbamates (subject to hydrolysis) is 5. The van der Waals surface area contributed by atoms with E-state index in [-0.39, 0.29) is 64.1 Å². The number of hydrogen-bond donors (Lipinski definition) is 17. The highest BCUT2D eigenvalue weighted by molar-refractivity contribution is 5.99. The quantitative estimate of drug-likeness (QED) is 0.0543. The molecule has 0 bridgehead atoms. The number of carbonyl (C=O) groups is 15. The molecule has 0 aliphatic carbocycles. The van der Waals surface area contributed by atoms with E-state index in [4.69, 9.17) is 29.4 Å². The molecule has 15 amide bonds. The number of hydrogen-bond acceptors (Lipinski definition) is 22. The summed E-state index contributed by atoms with van der Waals surface area (Å²) in [5, 5.41) is 49.3. The standard InChI is InChI=1S/C72H122N16O21/c1-20-44-54(91)74-33-27-45(81-58(95)49(31-37-79-67(104)109-72(17,18)19)85-62(99)52(41(4)89)88-53(90)43(73)26-32-75-63(100)105-68(5,6)7)56(93)83-48(30-36-78-66(103)108-71(14,15)16)59(96)87-51(39-42-24-22-21-23-25-42)61(98)86-50(38-40(2)3)60(97)84-47(29-35-77-65(102)107-70(11,12)13)57(94)82-46(55(92)80-44)28-34-76-64(101)106-69(8,9)10/h21-25,40-41,43-52,89H,20,26-39,73H2,1-19H3,(H,74,91)(H,75,100)(H,76,101)(H,77,102)(H,78,103)(H,79,104)(H,80,92)(H,81,95)(H,82,94)(H,83,93)(H,84,97)(H,85,99)(H,86,98)(H,87,96)(H,88,90)/t41-,43+,44+,45+,46+,47+,48+,49+,50+,51-,52+/m1/s1. The largest absolute Gasteiger partial charge is 0.444 e. The third-order valence-electron chi connectivity index (χ3n) is 15.1. The fourth-order valence-corrected chi connectivity index (χ4v) is 10.1. The van der Waals surface area contributed by atoms with E-state index in [1.165, 1.54) is 6.92 Å². The van der Waals surface area contributed by atoms with Gasteiger partial charge in [0.05, 0.1) is 12.1 Å². The number of nitrogens with one attached hydrogen (secondary N) is 15. The van der Waals surface area contributed by atoms with Crippen molar-refractivity contribution in [3.63, 3.8) is 0 Å². The maximum Gasteiger partial charge on any atom is 0.407 e. The molecule has 0 unspecified atom stereocenters. The second-order valence-electron chi connectivity index (χ2n) is 31.7. The molecule has 109 heavy (non-hydrogen) atoms. The molecule has 1 aromatic carbocycles. The SMILES string of the molecule is CC[C@@H]1NC(=O)[C@H](CCNC(=O)OC(C)(C)C)NC(=O)[C@H](CCNC(=O)OC(C)(C)C)NC(=O)[C@H](CC(C)C)NC(=O)[C@@H](Cc2ccccc2)NC(=O)[C@H](CCNC(=O)OC(C)(C)C)NC(=O)[C@@H](NC(=O)[C@H](CCNC(=O)OC(C)(C)C)NC(=O)[C@@H](NC(=O)[C@@H](N)CCNC(=O)OC(C)(C)C)[C@@H](C)O)CCNC1=O. The third kappa shape index (κ3) is 40.8. The zero-order valence-corrected chi connectivity index (χ0v) is 66.6. The van der Waals surface area contributed by atoms with Gasteiger partial charge in [0.2, 0.25) is 59.1 Å². The van der Waals surface area contributed by atoms with Gasteiger partial charge in [-0.15, -0.1) is 0 Å². The van der Waals surface area contributed by atoms with Crippen molar-refractivity contribution in [2.75, 3.05) is 39.3 Å². The molecule has 616 valence electrons. The minimum atomic E-state index is -1.85. The molecule has 18 N–H and O–H groups in total. The Balaban J connectivity index is 3.03. The smallest absolute Gasteiger partial charge is 0.407 e. The Morgan fingerprint density at radius 1 is 0.459 bits per heavy atom. The first kappa shape index (κ1) is 95.3. The summed E-state index contributed by atoms with van der Waals surface area (Å²) in [6, 6.07) is -8.02. The molecule has 37 nitrogen and oxygen atoms in total. The van der Waals surface area contributed by atoms with E-state index < -0.39 is 223 Å². The van der Waals surface area contributed by atoms with Gasteiger partial charge in [-0.25, -0.2) is 24.0 Å². The summed E-state index contributed by atoms with van der Waals surface area (Å²) in [6.07, 6.45) is -9.02. The summed E-state index contributed by atoms with van der Waals surface area (Å²) in [6.45, 7) is 28.2. The molecule has 37 heteroatoms. The lowest BCUT2D eigenvalue weighted by Gasteiger charge is -2.29. The summed E-state index contributed by atoms with van der Waals surface area (Å²) in [4.78, 5) is 211. The van der Waals surface area contributed by atoms with Crippen molar-refractivity contribution in [3.8, 4) is 0 Å². The van der Waals surface area contributed by atoms with E-state index in [0.717, 1.165) is 6.92 Å². The van der Waals surface area contributed by atoms with Gasteiger partial charge in [-0.05, 0) is 174 Å². The van der Waals surface area contributed by atoms with Crippen LogP contribution in [0.3, 0.4) is 0 Å². The molecule has 1 fully saturated rings. The predicted octanol–water partition coefficient (Wildman–Crippen LogP) is 0.850. The molecule has 1 aliphatic heterocycles. The Morgan fingerprint density at radius 2 is 0.817 bits per heavy atom. The Morgan fingerprint density at radius 3 is 1.21 bits per heavy atom. The fourth-order valence-electron chi connectivity index (χ4n) is 10.1. The summed E-state index contributed by atoms with van der Waals surface area (Å²) < 4.78 is 26.8. The lowest BCUT2D eigenvalue weighted by molar-refractivity contribution is -0.136. The van der Waals surface area contributed by atoms with Gasteiger partial charge in [-0.2, -0.15) is 0 Å². The lowest BCUT2D eigenvalue weighted by Crippen LogP contribution is -2.62. The number of amides is 15. The third-order valence-corrected chi connectivity index (χ3v) is 15.1. The average Bonchev–Trinajstić information content (AvgIpc) is 1.17. The van der Waals surface area contributed by atoms with Crippen LogP contribution in [-0.4, -0.2) is 228 Å². The van der Waals surface area contributed by atoms with Gasteiger partial charge in [0.1, 0.15) is 82.4 Å². The number of ether oxygens (including phenoxy) is 5. The van der Waals surface area contributed by atoms with E-state index in [2.05, 4.69) is 79.8 Å². The number of nitrogens with two attached hydrogens (primary N) is 1. The molecular weight excluding hydrogens is 1420 g/mol. The van der Waals surface area contributed by atoms with Crippen molar-refractivity contribution in [2.24, 2.45) is 11.7 Å². The van der Waals surface area contributed by atoms with Crippen molar-refractivity contribution >= 4 is 89.5 Å². The van der Waals surface area contributed by atoms with Gasteiger partial charge < -0.3 is 114 Å². The van der Waals surface area contributed by atoms with Crippen molar-refractivity contribution in [1.29, 1.82) is 0 Å². The number of rotatable bonds is 27. The van der Waals surface area contributed by atoms with Crippen LogP contribution in [-0.2, 0) is 78.1 Å². The number of aliphatic hydroxyl groups is 1. The first-order valence-corrected chi connectivity index (χ1v) is 36.7. The van der Waals surface area contributed by atoms with Crippen LogP contribution in [0, 0.1) is 5.92 Å². The molecule has 0 saturated carbocycles. The monoisotopic (exact) mass is 1550 g/mol. The highest BCUT2D eigenvalue weighted by Gasteiger charge is 2.38. The van der Waals surface area contributed by atoms with Gasteiger partial charge in [0, 0.05) is 45.7 Å². The van der Waals surface area contributed by atoms with Gasteiger partial charge >= 0.3 is 30.5 Å². The van der Waals surface area contributed by atoms with E-state index in [0.29, 0.717) is 5.56 Å². The van der Waals surface area contributed by atoms with E-state index >= 15 is 14.4 Å². The summed E-state index contributed by atoms with van der Waals surface area (Å²) in [7, 11) is 0. The van der Waals surface area contributed by atoms with Crippen molar-refractivity contribution in [2.45, 2.75) is 284 Å². The van der Waals surface area contributed by atoms with Crippen LogP contribution < -0.4 is 85.5 Å². The molecule has 1 aliphatic rings. The van der Waals surface area contributed by atoms with Gasteiger partial charge in [0.15, 0.2) is 0 Å². The molecule has 2 rings (SSSR count). The van der Waals surface area contributed by atoms with Gasteiger partial charge in [-0.3, -0.25) is 47.9 Å². The second kappa shape index (κ2) is 44.6. The zero-order chi connectivity index (χ0) is 83.0. The maximum absolute atomic E-state index is 15.2. The number of aliphatic hydroxyl groups excluding tert-OH is 1. The van der Waals surface area contributed by atoms with Crippen LogP contribution in [0.1, 0.15) is 188 Å².